The summed E-state index contributed by atoms with van der Waals surface area (Å²) >= 11 is 0. The van der Waals surface area contributed by atoms with E-state index < -0.39 is 0 Å². The molecular formula is C17H22N4O2. The van der Waals surface area contributed by atoms with Crippen LogP contribution in [0.15, 0.2) is 35.3 Å². The zero-order valence-electron chi connectivity index (χ0n) is 13.9. The van der Waals surface area contributed by atoms with Crippen LogP contribution in [0.1, 0.15) is 17.0 Å². The fourth-order valence-corrected chi connectivity index (χ4v) is 2.03. The van der Waals surface area contributed by atoms with Gasteiger partial charge in [0.15, 0.2) is 5.96 Å². The molecule has 2 rings (SSSR count). The number of anilines is 1. The van der Waals surface area contributed by atoms with Crippen molar-refractivity contribution < 1.29 is 9.47 Å². The van der Waals surface area contributed by atoms with E-state index in [0.29, 0.717) is 23.7 Å². The third kappa shape index (κ3) is 4.35. The zero-order chi connectivity index (χ0) is 16.8. The minimum Gasteiger partial charge on any atom is -0.497 e. The Bertz CT molecular complexity index is 714. The molecule has 0 atom stereocenters. The van der Waals surface area contributed by atoms with Gasteiger partial charge in [-0.3, -0.25) is 4.98 Å². The molecule has 0 aliphatic heterocycles. The Morgan fingerprint density at radius 2 is 1.96 bits per heavy atom. The highest BCUT2D eigenvalue weighted by Crippen LogP contribution is 2.28. The first-order valence-corrected chi connectivity index (χ1v) is 7.25. The maximum absolute atomic E-state index is 5.95. The van der Waals surface area contributed by atoms with Gasteiger partial charge >= 0.3 is 0 Å². The Labute approximate surface area is 136 Å². The van der Waals surface area contributed by atoms with Crippen molar-refractivity contribution in [1.82, 2.24) is 4.98 Å². The van der Waals surface area contributed by atoms with Crippen molar-refractivity contribution >= 4 is 11.6 Å². The molecule has 1 aromatic heterocycles. The van der Waals surface area contributed by atoms with Crippen molar-refractivity contribution in [2.45, 2.75) is 20.4 Å². The summed E-state index contributed by atoms with van der Waals surface area (Å²) < 4.78 is 10.5. The normalized spacial score (nSPS) is 11.2. The van der Waals surface area contributed by atoms with Gasteiger partial charge in [-0.1, -0.05) is 6.07 Å². The summed E-state index contributed by atoms with van der Waals surface area (Å²) in [5.74, 6) is 1.65. The first kappa shape index (κ1) is 16.6. The monoisotopic (exact) mass is 314 g/mol. The lowest BCUT2D eigenvalue weighted by Crippen LogP contribution is -2.23. The number of benzene rings is 1. The zero-order valence-corrected chi connectivity index (χ0v) is 13.9. The number of hydrogen-bond acceptors (Lipinski definition) is 4. The summed E-state index contributed by atoms with van der Waals surface area (Å²) in [4.78, 5) is 8.79. The minimum atomic E-state index is 0.289. The second kappa shape index (κ2) is 7.49. The molecule has 0 unspecified atom stereocenters. The third-order valence-corrected chi connectivity index (χ3v) is 3.49. The first-order valence-electron chi connectivity index (χ1n) is 7.25. The van der Waals surface area contributed by atoms with Crippen molar-refractivity contribution in [3.63, 3.8) is 0 Å². The highest BCUT2D eigenvalue weighted by Gasteiger charge is 2.06. The molecule has 0 fully saturated rings. The van der Waals surface area contributed by atoms with Gasteiger partial charge in [0.1, 0.15) is 11.5 Å². The molecule has 0 saturated heterocycles. The Kier molecular flexibility index (Phi) is 5.41. The molecule has 0 radical (unpaired) electrons. The van der Waals surface area contributed by atoms with Crippen LogP contribution >= 0.6 is 0 Å². The molecule has 0 aliphatic carbocycles. The van der Waals surface area contributed by atoms with E-state index in [4.69, 9.17) is 15.2 Å². The lowest BCUT2D eigenvalue weighted by Gasteiger charge is -2.12. The van der Waals surface area contributed by atoms with Gasteiger partial charge in [-0.15, -0.1) is 0 Å². The SMILES string of the molecule is COc1ccc(OC)c(NC(N)=NCc2ccc(C)c(C)n2)c1. The molecule has 1 heterocycles. The van der Waals surface area contributed by atoms with E-state index in [1.165, 1.54) is 0 Å². The molecule has 0 saturated carbocycles. The van der Waals surface area contributed by atoms with Crippen LogP contribution in [-0.2, 0) is 6.54 Å². The fourth-order valence-electron chi connectivity index (χ4n) is 2.03. The van der Waals surface area contributed by atoms with E-state index >= 15 is 0 Å². The van der Waals surface area contributed by atoms with E-state index in [2.05, 4.69) is 15.3 Å². The Morgan fingerprint density at radius 3 is 2.61 bits per heavy atom. The van der Waals surface area contributed by atoms with Gasteiger partial charge < -0.3 is 20.5 Å². The third-order valence-electron chi connectivity index (χ3n) is 3.49. The number of aliphatic imine (C=N–C) groups is 1. The maximum Gasteiger partial charge on any atom is 0.193 e. The van der Waals surface area contributed by atoms with Crippen LogP contribution < -0.4 is 20.5 Å². The van der Waals surface area contributed by atoms with Gasteiger partial charge in [0.2, 0.25) is 0 Å². The molecule has 0 bridgehead atoms. The average Bonchev–Trinajstić information content (AvgIpc) is 2.55. The predicted molar refractivity (Wildman–Crippen MR) is 92.2 cm³/mol. The standard InChI is InChI=1S/C17H22N4O2/c1-11-5-6-13(20-12(11)2)10-19-17(18)21-15-9-14(22-3)7-8-16(15)23-4/h5-9H,10H2,1-4H3,(H3,18,19,21). The highest BCUT2D eigenvalue weighted by atomic mass is 16.5. The number of nitrogens with two attached hydrogens (primary N) is 1. The molecule has 6 heteroatoms. The Balaban J connectivity index is 2.11. The number of pyridine rings is 1. The number of hydrogen-bond donors (Lipinski definition) is 2. The van der Waals surface area contributed by atoms with Crippen molar-refractivity contribution in [2.24, 2.45) is 10.7 Å². The lowest BCUT2D eigenvalue weighted by molar-refractivity contribution is 0.405. The van der Waals surface area contributed by atoms with E-state index in [9.17, 15) is 0 Å². The van der Waals surface area contributed by atoms with Crippen LogP contribution in [0.2, 0.25) is 0 Å². The number of nitrogens with zero attached hydrogens (tertiary/aromatic N) is 2. The van der Waals surface area contributed by atoms with Crippen LogP contribution in [0.25, 0.3) is 0 Å². The van der Waals surface area contributed by atoms with Gasteiger partial charge in [-0.2, -0.15) is 0 Å². The molecule has 1 aromatic carbocycles. The predicted octanol–water partition coefficient (Wildman–Crippen LogP) is 2.64. The summed E-state index contributed by atoms with van der Waals surface area (Å²) in [5, 5.41) is 3.03. The topological polar surface area (TPSA) is 81.8 Å². The average molecular weight is 314 g/mol. The maximum atomic E-state index is 5.95. The van der Waals surface area contributed by atoms with Crippen LogP contribution in [0.4, 0.5) is 5.69 Å². The van der Waals surface area contributed by atoms with E-state index in [1.807, 2.05) is 32.0 Å². The quantitative estimate of drug-likeness (QED) is 0.655. The second-order valence-corrected chi connectivity index (χ2v) is 5.10. The Morgan fingerprint density at radius 1 is 1.17 bits per heavy atom. The van der Waals surface area contributed by atoms with Gasteiger partial charge in [-0.05, 0) is 37.6 Å². The summed E-state index contributed by atoms with van der Waals surface area (Å²) in [6.45, 7) is 4.41. The lowest BCUT2D eigenvalue weighted by atomic mass is 10.2. The van der Waals surface area contributed by atoms with E-state index in [1.54, 1.807) is 26.4 Å². The number of rotatable bonds is 5. The van der Waals surface area contributed by atoms with Crippen LogP contribution in [-0.4, -0.2) is 25.2 Å². The summed E-state index contributed by atoms with van der Waals surface area (Å²) in [6, 6.07) is 9.40. The molecule has 0 amide bonds. The molecule has 0 spiro atoms. The Hall–Kier alpha value is -2.76. The molecule has 6 nitrogen and oxygen atoms in total. The summed E-state index contributed by atoms with van der Waals surface area (Å²) in [6.07, 6.45) is 0. The second-order valence-electron chi connectivity index (χ2n) is 5.10. The largest absolute Gasteiger partial charge is 0.497 e. The van der Waals surface area contributed by atoms with E-state index in [0.717, 1.165) is 17.0 Å². The van der Waals surface area contributed by atoms with Crippen LogP contribution in [0.3, 0.4) is 0 Å². The van der Waals surface area contributed by atoms with Crippen LogP contribution in [0, 0.1) is 13.8 Å². The fraction of sp³-hybridized carbons (Fsp3) is 0.294. The first-order chi connectivity index (χ1) is 11.0. The van der Waals surface area contributed by atoms with Gasteiger partial charge in [-0.25, -0.2) is 4.99 Å². The summed E-state index contributed by atoms with van der Waals surface area (Å²) in [5.41, 5.74) is 9.67. The number of nitrogens with one attached hydrogen (secondary N) is 1. The van der Waals surface area contributed by atoms with Gasteiger partial charge in [0, 0.05) is 11.8 Å². The van der Waals surface area contributed by atoms with Crippen molar-refractivity contribution in [3.05, 3.63) is 47.3 Å². The number of aryl methyl sites for hydroxylation is 2. The number of guanidine groups is 1. The molecular weight excluding hydrogens is 292 g/mol. The minimum absolute atomic E-state index is 0.289. The van der Waals surface area contributed by atoms with Gasteiger partial charge in [0.05, 0.1) is 32.1 Å². The number of ether oxygens (including phenoxy) is 2. The molecule has 122 valence electrons. The van der Waals surface area contributed by atoms with Gasteiger partial charge in [0.25, 0.3) is 0 Å². The summed E-state index contributed by atoms with van der Waals surface area (Å²) in [7, 11) is 3.20. The molecule has 23 heavy (non-hydrogen) atoms. The molecule has 3 N–H and O–H groups in total. The van der Waals surface area contributed by atoms with E-state index in [-0.39, 0.29) is 5.96 Å². The number of methoxy groups -OCH3 is 2. The molecule has 0 aliphatic rings. The van der Waals surface area contributed by atoms with Crippen molar-refractivity contribution in [3.8, 4) is 11.5 Å². The highest BCUT2D eigenvalue weighted by molar-refractivity contribution is 5.93. The van der Waals surface area contributed by atoms with Crippen molar-refractivity contribution in [2.75, 3.05) is 19.5 Å². The van der Waals surface area contributed by atoms with Crippen molar-refractivity contribution in [1.29, 1.82) is 0 Å². The van der Waals surface area contributed by atoms with Crippen LogP contribution in [0.5, 0.6) is 11.5 Å². The smallest absolute Gasteiger partial charge is 0.193 e. The molecule has 2 aromatic rings. The number of aromatic nitrogens is 1.